The lowest BCUT2D eigenvalue weighted by Gasteiger charge is -2.15. The highest BCUT2D eigenvalue weighted by atomic mass is 16.4. The molecular formula is C15H23N3O5. The Bertz CT molecular complexity index is 555. The Morgan fingerprint density at radius 1 is 1.39 bits per heavy atom. The number of aliphatic carboxylic acids is 1. The maximum atomic E-state index is 11.7. The fourth-order valence-electron chi connectivity index (χ4n) is 2.19. The zero-order valence-corrected chi connectivity index (χ0v) is 13.1. The van der Waals surface area contributed by atoms with Gasteiger partial charge in [-0.25, -0.2) is 0 Å². The Kier molecular flexibility index (Phi) is 7.43. The summed E-state index contributed by atoms with van der Waals surface area (Å²) in [7, 11) is 0. The molecular weight excluding hydrogens is 302 g/mol. The van der Waals surface area contributed by atoms with E-state index in [4.69, 9.17) is 10.8 Å². The van der Waals surface area contributed by atoms with Crippen LogP contribution in [0, 0.1) is 0 Å². The largest absolute Gasteiger partial charge is 0.480 e. The number of carbonyl (C=O) groups excluding carboxylic acids is 2. The summed E-state index contributed by atoms with van der Waals surface area (Å²) >= 11 is 0. The minimum absolute atomic E-state index is 0.150. The Morgan fingerprint density at radius 3 is 2.65 bits per heavy atom. The van der Waals surface area contributed by atoms with Crippen LogP contribution in [0.15, 0.2) is 12.1 Å². The number of hydrogen-bond acceptors (Lipinski definition) is 5. The molecule has 128 valence electrons. The quantitative estimate of drug-likeness (QED) is 0.350. The number of nitrogens with two attached hydrogens (primary N) is 1. The zero-order chi connectivity index (χ0) is 17.4. The summed E-state index contributed by atoms with van der Waals surface area (Å²) < 4.78 is 1.73. The molecule has 8 nitrogen and oxygen atoms in total. The summed E-state index contributed by atoms with van der Waals surface area (Å²) in [6.07, 6.45) is 2.45. The lowest BCUT2D eigenvalue weighted by molar-refractivity contribution is -0.141. The van der Waals surface area contributed by atoms with E-state index in [9.17, 15) is 19.5 Å². The standard InChI is InChI=1S/C15H23N3O5/c1-10(15(22)23)17-14(21)13(16)4-2-3-7-18-11(8-19)5-6-12(18)9-20/h5-6,8,10,13,20H,2-4,7,9,16H2,1H3,(H,17,21)(H,22,23)/t10-,13-/m0/s1. The summed E-state index contributed by atoms with van der Waals surface area (Å²) in [5.74, 6) is -1.61. The van der Waals surface area contributed by atoms with E-state index in [1.807, 2.05) is 0 Å². The first-order valence-corrected chi connectivity index (χ1v) is 7.44. The van der Waals surface area contributed by atoms with Gasteiger partial charge in [-0.15, -0.1) is 0 Å². The van der Waals surface area contributed by atoms with Gasteiger partial charge in [0.05, 0.1) is 18.3 Å². The van der Waals surface area contributed by atoms with Crippen LogP contribution in [0.1, 0.15) is 42.4 Å². The van der Waals surface area contributed by atoms with Gasteiger partial charge in [0, 0.05) is 12.2 Å². The molecule has 0 saturated carbocycles. The molecule has 0 fully saturated rings. The van der Waals surface area contributed by atoms with Gasteiger partial charge in [0.15, 0.2) is 6.29 Å². The van der Waals surface area contributed by atoms with E-state index in [0.717, 1.165) is 6.29 Å². The molecule has 1 aromatic rings. The molecule has 0 aromatic carbocycles. The molecule has 0 aliphatic heterocycles. The van der Waals surface area contributed by atoms with Crippen LogP contribution in [-0.2, 0) is 22.7 Å². The highest BCUT2D eigenvalue weighted by molar-refractivity contribution is 5.86. The Morgan fingerprint density at radius 2 is 2.09 bits per heavy atom. The highest BCUT2D eigenvalue weighted by Crippen LogP contribution is 2.11. The molecule has 1 rings (SSSR count). The number of aromatic nitrogens is 1. The second kappa shape index (κ2) is 9.06. The first-order chi connectivity index (χ1) is 10.9. The molecule has 1 aromatic heterocycles. The van der Waals surface area contributed by atoms with Crippen molar-refractivity contribution in [1.82, 2.24) is 9.88 Å². The minimum atomic E-state index is -1.11. The van der Waals surface area contributed by atoms with Crippen molar-refractivity contribution in [3.05, 3.63) is 23.5 Å². The van der Waals surface area contributed by atoms with E-state index in [2.05, 4.69) is 5.32 Å². The number of amides is 1. The lowest BCUT2D eigenvalue weighted by atomic mass is 10.1. The normalized spacial score (nSPS) is 13.3. The number of aliphatic hydroxyl groups is 1. The van der Waals surface area contributed by atoms with Gasteiger partial charge in [-0.1, -0.05) is 0 Å². The van der Waals surface area contributed by atoms with Crippen LogP contribution in [0.3, 0.4) is 0 Å². The van der Waals surface area contributed by atoms with Crippen molar-refractivity contribution in [1.29, 1.82) is 0 Å². The molecule has 23 heavy (non-hydrogen) atoms. The number of rotatable bonds is 10. The number of nitrogens with one attached hydrogen (secondary N) is 1. The molecule has 0 bridgehead atoms. The molecule has 2 atom stereocenters. The van der Waals surface area contributed by atoms with E-state index < -0.39 is 24.0 Å². The van der Waals surface area contributed by atoms with Gasteiger partial charge in [-0.05, 0) is 38.3 Å². The Balaban J connectivity index is 2.40. The molecule has 0 saturated heterocycles. The summed E-state index contributed by atoms with van der Waals surface area (Å²) in [4.78, 5) is 33.3. The van der Waals surface area contributed by atoms with Gasteiger partial charge in [0.2, 0.25) is 5.91 Å². The van der Waals surface area contributed by atoms with Crippen LogP contribution in [0.4, 0.5) is 0 Å². The second-order valence-corrected chi connectivity index (χ2v) is 5.35. The van der Waals surface area contributed by atoms with Gasteiger partial charge in [-0.2, -0.15) is 0 Å². The molecule has 1 heterocycles. The van der Waals surface area contributed by atoms with Gasteiger partial charge in [0.1, 0.15) is 6.04 Å². The first-order valence-electron chi connectivity index (χ1n) is 7.44. The van der Waals surface area contributed by atoms with Crippen molar-refractivity contribution in [2.24, 2.45) is 5.73 Å². The van der Waals surface area contributed by atoms with Crippen molar-refractivity contribution in [2.75, 3.05) is 0 Å². The Hall–Kier alpha value is -2.19. The van der Waals surface area contributed by atoms with Crippen molar-refractivity contribution >= 4 is 18.2 Å². The van der Waals surface area contributed by atoms with Gasteiger partial charge >= 0.3 is 5.97 Å². The summed E-state index contributed by atoms with van der Waals surface area (Å²) in [5, 5.41) is 20.3. The highest BCUT2D eigenvalue weighted by Gasteiger charge is 2.19. The number of hydrogen-bond donors (Lipinski definition) is 4. The van der Waals surface area contributed by atoms with Crippen LogP contribution in [0.5, 0.6) is 0 Å². The van der Waals surface area contributed by atoms with E-state index in [1.165, 1.54) is 6.92 Å². The minimum Gasteiger partial charge on any atom is -0.480 e. The number of aliphatic hydroxyl groups excluding tert-OH is 1. The third-order valence-electron chi connectivity index (χ3n) is 3.60. The SMILES string of the molecule is C[C@H](NC(=O)[C@@H](N)CCCCn1c(C=O)ccc1CO)C(=O)O. The maximum Gasteiger partial charge on any atom is 0.325 e. The lowest BCUT2D eigenvalue weighted by Crippen LogP contribution is -2.47. The van der Waals surface area contributed by atoms with Crippen molar-refractivity contribution in [3.63, 3.8) is 0 Å². The summed E-state index contributed by atoms with van der Waals surface area (Å²) in [6.45, 7) is 1.76. The monoisotopic (exact) mass is 325 g/mol. The first kappa shape index (κ1) is 18.9. The topological polar surface area (TPSA) is 135 Å². The van der Waals surface area contributed by atoms with Crippen LogP contribution >= 0.6 is 0 Å². The van der Waals surface area contributed by atoms with Crippen molar-refractivity contribution in [3.8, 4) is 0 Å². The number of unbranched alkanes of at least 4 members (excludes halogenated alkanes) is 1. The van der Waals surface area contributed by atoms with Crippen LogP contribution < -0.4 is 11.1 Å². The van der Waals surface area contributed by atoms with Crippen molar-refractivity contribution < 1.29 is 24.6 Å². The van der Waals surface area contributed by atoms with Crippen LogP contribution in [-0.4, -0.2) is 45.0 Å². The third-order valence-corrected chi connectivity index (χ3v) is 3.60. The molecule has 0 spiro atoms. The van der Waals surface area contributed by atoms with Gasteiger partial charge < -0.3 is 25.8 Å². The number of carbonyl (C=O) groups is 3. The number of carboxylic acids is 1. The van der Waals surface area contributed by atoms with E-state index in [1.54, 1.807) is 16.7 Å². The van der Waals surface area contributed by atoms with Crippen molar-refractivity contribution in [2.45, 2.75) is 51.4 Å². The maximum absolute atomic E-state index is 11.7. The van der Waals surface area contributed by atoms with Crippen LogP contribution in [0.25, 0.3) is 0 Å². The fraction of sp³-hybridized carbons (Fsp3) is 0.533. The number of carboxylic acid groups (broad SMARTS) is 1. The molecule has 0 aliphatic rings. The molecule has 0 radical (unpaired) electrons. The summed E-state index contributed by atoms with van der Waals surface area (Å²) in [6, 6.07) is 1.58. The number of aldehydes is 1. The zero-order valence-electron chi connectivity index (χ0n) is 13.1. The molecule has 0 unspecified atom stereocenters. The molecule has 0 aliphatic carbocycles. The second-order valence-electron chi connectivity index (χ2n) is 5.35. The third kappa shape index (κ3) is 5.50. The van der Waals surface area contributed by atoms with E-state index in [-0.39, 0.29) is 6.61 Å². The predicted molar refractivity (Wildman–Crippen MR) is 82.8 cm³/mol. The summed E-state index contributed by atoms with van der Waals surface area (Å²) in [5.41, 5.74) is 6.88. The average molecular weight is 325 g/mol. The number of nitrogens with zero attached hydrogens (tertiary/aromatic N) is 1. The van der Waals surface area contributed by atoms with Crippen LogP contribution in [0.2, 0.25) is 0 Å². The smallest absolute Gasteiger partial charge is 0.325 e. The Labute approximate surface area is 134 Å². The predicted octanol–water partition coefficient (Wildman–Crippen LogP) is -0.120. The average Bonchev–Trinajstić information content (AvgIpc) is 2.92. The van der Waals surface area contributed by atoms with E-state index in [0.29, 0.717) is 37.2 Å². The fourth-order valence-corrected chi connectivity index (χ4v) is 2.19. The molecule has 5 N–H and O–H groups in total. The van der Waals surface area contributed by atoms with Gasteiger partial charge in [-0.3, -0.25) is 14.4 Å². The molecule has 8 heteroatoms. The van der Waals surface area contributed by atoms with E-state index >= 15 is 0 Å². The van der Waals surface area contributed by atoms with Gasteiger partial charge in [0.25, 0.3) is 0 Å². The molecule has 1 amide bonds.